The minimum atomic E-state index is -0.790. The topological polar surface area (TPSA) is 78.9 Å². The summed E-state index contributed by atoms with van der Waals surface area (Å²) in [5, 5.41) is 0. The lowest BCUT2D eigenvalue weighted by atomic mass is 10.0. The average Bonchev–Trinajstić information content (AvgIpc) is 3.27. The SMILES string of the molecule is CCCCC/C=C\C/C=C\C/C=C\C/C=C\CCCC(=O)OC[C@@H](COC(=O)CCCCCCCCCCCCC)OC(=O)CCCCCCCCCCCCCCCCCC. The molecule has 0 fully saturated rings. The van der Waals surface area contributed by atoms with Crippen LogP contribution in [0, 0.1) is 0 Å². The van der Waals surface area contributed by atoms with E-state index in [9.17, 15) is 14.4 Å². The van der Waals surface area contributed by atoms with Crippen LogP contribution in [0.1, 0.15) is 271 Å². The van der Waals surface area contributed by atoms with E-state index in [-0.39, 0.29) is 37.5 Å². The number of carbonyl (C=O) groups is 3. The summed E-state index contributed by atoms with van der Waals surface area (Å²) >= 11 is 0. The van der Waals surface area contributed by atoms with Crippen LogP contribution in [0.4, 0.5) is 0 Å². The number of rotatable bonds is 48. The van der Waals surface area contributed by atoms with Crippen LogP contribution in [-0.2, 0) is 28.6 Å². The zero-order valence-corrected chi connectivity index (χ0v) is 41.1. The van der Waals surface area contributed by atoms with Crippen LogP contribution >= 0.6 is 0 Å². The normalized spacial score (nSPS) is 12.4. The molecule has 0 radical (unpaired) electrons. The van der Waals surface area contributed by atoms with Gasteiger partial charge in [0.15, 0.2) is 6.10 Å². The van der Waals surface area contributed by atoms with E-state index in [0.717, 1.165) is 64.2 Å². The Hall–Kier alpha value is -2.63. The van der Waals surface area contributed by atoms with Crippen LogP contribution in [0.15, 0.2) is 48.6 Å². The highest BCUT2D eigenvalue weighted by Gasteiger charge is 2.19. The van der Waals surface area contributed by atoms with Crippen molar-refractivity contribution in [3.8, 4) is 0 Å². The van der Waals surface area contributed by atoms with Crippen molar-refractivity contribution < 1.29 is 28.6 Å². The zero-order valence-electron chi connectivity index (χ0n) is 41.1. The minimum absolute atomic E-state index is 0.0862. The average molecular weight is 869 g/mol. The van der Waals surface area contributed by atoms with Gasteiger partial charge in [-0.2, -0.15) is 0 Å². The Morgan fingerprint density at radius 1 is 0.323 bits per heavy atom. The van der Waals surface area contributed by atoms with Gasteiger partial charge in [0.1, 0.15) is 13.2 Å². The highest BCUT2D eigenvalue weighted by Crippen LogP contribution is 2.16. The standard InChI is InChI=1S/C56H100O6/c1-4-7-10-13-16-19-22-24-26-28-30-31-34-37-40-43-46-49-55(58)61-52-53(51-60-54(57)48-45-42-39-36-33-21-18-15-12-9-6-3)62-56(59)50-47-44-41-38-35-32-29-27-25-23-20-17-14-11-8-5-2/h16,19,24,26,30-31,37,40,53H,4-15,17-18,20-23,25,27-29,32-36,38-39,41-52H2,1-3H3/b19-16-,26-24-,31-30-,40-37-/t53-/m1/s1. The van der Waals surface area contributed by atoms with Gasteiger partial charge < -0.3 is 14.2 Å². The van der Waals surface area contributed by atoms with Crippen molar-refractivity contribution in [3.63, 3.8) is 0 Å². The van der Waals surface area contributed by atoms with Gasteiger partial charge in [0.25, 0.3) is 0 Å². The molecule has 62 heavy (non-hydrogen) atoms. The molecule has 0 unspecified atom stereocenters. The monoisotopic (exact) mass is 869 g/mol. The number of esters is 3. The lowest BCUT2D eigenvalue weighted by Gasteiger charge is -2.18. The second-order valence-corrected chi connectivity index (χ2v) is 17.8. The number of allylic oxidation sites excluding steroid dienone is 8. The maximum Gasteiger partial charge on any atom is 0.306 e. The van der Waals surface area contributed by atoms with Gasteiger partial charge in [-0.3, -0.25) is 14.4 Å². The molecule has 0 N–H and O–H groups in total. The van der Waals surface area contributed by atoms with Crippen molar-refractivity contribution in [3.05, 3.63) is 48.6 Å². The maximum absolute atomic E-state index is 12.8. The van der Waals surface area contributed by atoms with E-state index in [4.69, 9.17) is 14.2 Å². The summed E-state index contributed by atoms with van der Waals surface area (Å²) in [5.74, 6) is -0.935. The highest BCUT2D eigenvalue weighted by molar-refractivity contribution is 5.71. The second-order valence-electron chi connectivity index (χ2n) is 17.8. The van der Waals surface area contributed by atoms with E-state index in [1.165, 1.54) is 161 Å². The van der Waals surface area contributed by atoms with E-state index < -0.39 is 6.10 Å². The van der Waals surface area contributed by atoms with Crippen LogP contribution in [0.25, 0.3) is 0 Å². The van der Waals surface area contributed by atoms with Gasteiger partial charge in [-0.05, 0) is 57.8 Å². The van der Waals surface area contributed by atoms with E-state index in [1.54, 1.807) is 0 Å². The Bertz CT molecular complexity index is 1090. The fourth-order valence-corrected chi connectivity index (χ4v) is 7.55. The van der Waals surface area contributed by atoms with Crippen molar-refractivity contribution in [2.45, 2.75) is 277 Å². The molecule has 0 amide bonds. The number of carbonyl (C=O) groups excluding carboxylic acids is 3. The van der Waals surface area contributed by atoms with Crippen LogP contribution in [0.5, 0.6) is 0 Å². The van der Waals surface area contributed by atoms with Gasteiger partial charge in [-0.25, -0.2) is 0 Å². The molecule has 0 aromatic carbocycles. The summed E-state index contributed by atoms with van der Waals surface area (Å²) in [7, 11) is 0. The van der Waals surface area contributed by atoms with Gasteiger partial charge in [0.05, 0.1) is 0 Å². The minimum Gasteiger partial charge on any atom is -0.462 e. The quantitative estimate of drug-likeness (QED) is 0.0262. The van der Waals surface area contributed by atoms with Crippen molar-refractivity contribution >= 4 is 17.9 Å². The molecule has 0 saturated carbocycles. The third kappa shape index (κ3) is 48.4. The lowest BCUT2D eigenvalue weighted by Crippen LogP contribution is -2.30. The second kappa shape index (κ2) is 51.0. The third-order valence-electron chi connectivity index (χ3n) is 11.6. The van der Waals surface area contributed by atoms with Gasteiger partial charge >= 0.3 is 17.9 Å². The largest absolute Gasteiger partial charge is 0.462 e. The Kier molecular flexibility index (Phi) is 48.8. The van der Waals surface area contributed by atoms with Crippen molar-refractivity contribution in [2.24, 2.45) is 0 Å². The fraction of sp³-hybridized carbons (Fsp3) is 0.804. The van der Waals surface area contributed by atoms with Gasteiger partial charge in [0, 0.05) is 19.3 Å². The molecule has 6 heteroatoms. The summed E-state index contributed by atoms with van der Waals surface area (Å²) in [6.07, 6.45) is 61.0. The first-order valence-corrected chi connectivity index (χ1v) is 26.6. The molecule has 0 heterocycles. The fourth-order valence-electron chi connectivity index (χ4n) is 7.55. The molecule has 0 aromatic heterocycles. The van der Waals surface area contributed by atoms with Crippen molar-refractivity contribution in [1.82, 2.24) is 0 Å². The zero-order chi connectivity index (χ0) is 45.1. The Morgan fingerprint density at radius 2 is 0.597 bits per heavy atom. The lowest BCUT2D eigenvalue weighted by molar-refractivity contribution is -0.167. The molecule has 1 atom stereocenters. The van der Waals surface area contributed by atoms with Gasteiger partial charge in [-0.15, -0.1) is 0 Å². The predicted molar refractivity (Wildman–Crippen MR) is 265 cm³/mol. The summed E-state index contributed by atoms with van der Waals surface area (Å²) in [4.78, 5) is 37.9. The molecule has 0 aromatic rings. The maximum atomic E-state index is 12.8. The van der Waals surface area contributed by atoms with Crippen LogP contribution in [-0.4, -0.2) is 37.2 Å². The molecule has 0 saturated heterocycles. The van der Waals surface area contributed by atoms with Gasteiger partial charge in [-0.1, -0.05) is 243 Å². The first-order valence-electron chi connectivity index (χ1n) is 26.6. The van der Waals surface area contributed by atoms with E-state index in [0.29, 0.717) is 19.3 Å². The Balaban J connectivity index is 4.42. The van der Waals surface area contributed by atoms with Crippen molar-refractivity contribution in [2.75, 3.05) is 13.2 Å². The smallest absolute Gasteiger partial charge is 0.306 e. The number of ether oxygens (including phenoxy) is 3. The molecule has 0 bridgehead atoms. The van der Waals surface area contributed by atoms with E-state index in [2.05, 4.69) is 69.4 Å². The molecule has 6 nitrogen and oxygen atoms in total. The van der Waals surface area contributed by atoms with Crippen molar-refractivity contribution in [1.29, 1.82) is 0 Å². The van der Waals surface area contributed by atoms with Gasteiger partial charge in [0.2, 0.25) is 0 Å². The molecule has 360 valence electrons. The molecule has 0 aliphatic heterocycles. The first-order chi connectivity index (χ1) is 30.5. The summed E-state index contributed by atoms with van der Waals surface area (Å²) in [6, 6.07) is 0. The molecule has 0 rings (SSSR count). The van der Waals surface area contributed by atoms with E-state index >= 15 is 0 Å². The molecule has 0 aliphatic carbocycles. The first kappa shape index (κ1) is 59.4. The Morgan fingerprint density at radius 3 is 0.968 bits per heavy atom. The third-order valence-corrected chi connectivity index (χ3v) is 11.6. The summed E-state index contributed by atoms with van der Waals surface area (Å²) in [6.45, 7) is 6.58. The number of unbranched alkanes of at least 4 members (excludes halogenated alkanes) is 29. The number of hydrogen-bond acceptors (Lipinski definition) is 6. The predicted octanol–water partition coefficient (Wildman–Crippen LogP) is 17.5. The highest BCUT2D eigenvalue weighted by atomic mass is 16.6. The van der Waals surface area contributed by atoms with E-state index in [1.807, 2.05) is 0 Å². The molecular formula is C56H100O6. The van der Waals surface area contributed by atoms with Crippen LogP contribution < -0.4 is 0 Å². The Labute approximate surface area is 384 Å². The summed E-state index contributed by atoms with van der Waals surface area (Å²) in [5.41, 5.74) is 0. The molecule has 0 spiro atoms. The molecular weight excluding hydrogens is 769 g/mol. The summed E-state index contributed by atoms with van der Waals surface area (Å²) < 4.78 is 16.8. The van der Waals surface area contributed by atoms with Crippen LogP contribution in [0.2, 0.25) is 0 Å². The number of hydrogen-bond donors (Lipinski definition) is 0. The molecule has 0 aliphatic rings. The van der Waals surface area contributed by atoms with Crippen LogP contribution in [0.3, 0.4) is 0 Å².